The third kappa shape index (κ3) is 4.73. The summed E-state index contributed by atoms with van der Waals surface area (Å²) in [6.45, 7) is 0. The number of hydrogen-bond acceptors (Lipinski definition) is 6. The van der Waals surface area contributed by atoms with Gasteiger partial charge in [0.15, 0.2) is 5.78 Å². The van der Waals surface area contributed by atoms with Crippen molar-refractivity contribution >= 4 is 15.6 Å². The Kier molecular flexibility index (Phi) is 6.15. The van der Waals surface area contributed by atoms with Crippen molar-refractivity contribution < 1.29 is 27.8 Å². The predicted octanol–water partition coefficient (Wildman–Crippen LogP) is 5.26. The van der Waals surface area contributed by atoms with Crippen molar-refractivity contribution in [3.8, 4) is 23.0 Å². The fraction of sp³-hybridized carbons (Fsp3) is 0.0385. The molecule has 0 aliphatic heterocycles. The van der Waals surface area contributed by atoms with Gasteiger partial charge in [0.2, 0.25) is 9.84 Å². The number of hydrogen-bond donors (Lipinski definition) is 1. The summed E-state index contributed by atoms with van der Waals surface area (Å²) in [5, 5.41) is 10.1. The van der Waals surface area contributed by atoms with Crippen LogP contribution in [0.4, 0.5) is 0 Å². The zero-order chi connectivity index (χ0) is 23.4. The van der Waals surface area contributed by atoms with E-state index in [2.05, 4.69) is 0 Å². The van der Waals surface area contributed by atoms with Gasteiger partial charge in [-0.1, -0.05) is 18.2 Å². The fourth-order valence-corrected chi connectivity index (χ4v) is 4.50. The van der Waals surface area contributed by atoms with Gasteiger partial charge in [-0.2, -0.15) is 0 Å². The molecule has 1 N–H and O–H groups in total. The number of ether oxygens (including phenoxy) is 2. The Morgan fingerprint density at radius 3 is 1.85 bits per heavy atom. The molecule has 0 aromatic heterocycles. The number of carbonyl (C=O) groups is 1. The van der Waals surface area contributed by atoms with E-state index in [0.29, 0.717) is 22.8 Å². The van der Waals surface area contributed by atoms with Crippen LogP contribution < -0.4 is 9.47 Å². The lowest BCUT2D eigenvalue weighted by Gasteiger charge is -2.09. The number of phenols is 1. The first-order valence-electron chi connectivity index (χ1n) is 9.98. The second-order valence-electron chi connectivity index (χ2n) is 7.13. The van der Waals surface area contributed by atoms with E-state index < -0.39 is 9.84 Å². The number of sulfone groups is 1. The third-order valence-electron chi connectivity index (χ3n) is 4.99. The molecular weight excluding hydrogens is 440 g/mol. The van der Waals surface area contributed by atoms with Crippen molar-refractivity contribution in [2.75, 3.05) is 7.11 Å². The minimum absolute atomic E-state index is 0.162. The molecule has 0 unspecified atom stereocenters. The van der Waals surface area contributed by atoms with Crippen molar-refractivity contribution in [2.45, 2.75) is 9.79 Å². The van der Waals surface area contributed by atoms with E-state index in [4.69, 9.17) is 9.47 Å². The average molecular weight is 461 g/mol. The largest absolute Gasteiger partial charge is 0.507 e. The second-order valence-corrected chi connectivity index (χ2v) is 9.08. The Hall–Kier alpha value is -4.10. The van der Waals surface area contributed by atoms with Crippen LogP contribution in [0.25, 0.3) is 0 Å². The molecule has 0 atom stereocenters. The monoisotopic (exact) mass is 460 g/mol. The Labute approximate surface area is 191 Å². The summed E-state index contributed by atoms with van der Waals surface area (Å²) in [4.78, 5) is 13.1. The van der Waals surface area contributed by atoms with E-state index in [0.717, 1.165) is 0 Å². The average Bonchev–Trinajstić information content (AvgIpc) is 2.85. The van der Waals surface area contributed by atoms with Crippen LogP contribution in [0.2, 0.25) is 0 Å². The van der Waals surface area contributed by atoms with Gasteiger partial charge in [0, 0.05) is 11.6 Å². The maximum atomic E-state index is 12.7. The molecule has 0 fully saturated rings. The Morgan fingerprint density at radius 2 is 1.27 bits per heavy atom. The van der Waals surface area contributed by atoms with Crippen LogP contribution in [-0.4, -0.2) is 26.4 Å². The fourth-order valence-electron chi connectivity index (χ4n) is 3.22. The van der Waals surface area contributed by atoms with Crippen molar-refractivity contribution in [1.82, 2.24) is 0 Å². The van der Waals surface area contributed by atoms with Crippen molar-refractivity contribution in [1.29, 1.82) is 0 Å². The maximum Gasteiger partial charge on any atom is 0.206 e. The van der Waals surface area contributed by atoms with Crippen LogP contribution in [0.1, 0.15) is 15.9 Å². The molecule has 0 aliphatic carbocycles. The lowest BCUT2D eigenvalue weighted by Crippen LogP contribution is -2.02. The summed E-state index contributed by atoms with van der Waals surface area (Å²) in [6.07, 6.45) is 0. The maximum absolute atomic E-state index is 12.7. The summed E-state index contributed by atoms with van der Waals surface area (Å²) in [5.41, 5.74) is 0.548. The molecule has 0 saturated carbocycles. The van der Waals surface area contributed by atoms with Gasteiger partial charge in [-0.05, 0) is 72.8 Å². The summed E-state index contributed by atoms with van der Waals surface area (Å²) >= 11 is 0. The number of aromatic hydroxyl groups is 1. The predicted molar refractivity (Wildman–Crippen MR) is 123 cm³/mol. The lowest BCUT2D eigenvalue weighted by molar-refractivity contribution is 0.103. The van der Waals surface area contributed by atoms with Gasteiger partial charge in [-0.3, -0.25) is 4.79 Å². The molecule has 0 heterocycles. The van der Waals surface area contributed by atoms with Gasteiger partial charge in [-0.25, -0.2) is 8.42 Å². The molecule has 0 amide bonds. The third-order valence-corrected chi connectivity index (χ3v) is 6.77. The van der Waals surface area contributed by atoms with Crippen molar-refractivity contribution in [3.05, 3.63) is 108 Å². The summed E-state index contributed by atoms with van der Waals surface area (Å²) in [7, 11) is -2.12. The number of benzene rings is 4. The Balaban J connectivity index is 1.48. The molecule has 0 aliphatic rings. The van der Waals surface area contributed by atoms with Gasteiger partial charge in [0.1, 0.15) is 23.0 Å². The highest BCUT2D eigenvalue weighted by Crippen LogP contribution is 2.28. The lowest BCUT2D eigenvalue weighted by atomic mass is 10.0. The van der Waals surface area contributed by atoms with Crippen LogP contribution in [-0.2, 0) is 9.84 Å². The van der Waals surface area contributed by atoms with Crippen LogP contribution in [0.15, 0.2) is 107 Å². The molecule has 4 rings (SSSR count). The zero-order valence-electron chi connectivity index (χ0n) is 17.6. The summed E-state index contributed by atoms with van der Waals surface area (Å²) in [6, 6.07) is 25.3. The molecule has 7 heteroatoms. The van der Waals surface area contributed by atoms with Crippen LogP contribution >= 0.6 is 0 Å². The first-order valence-corrected chi connectivity index (χ1v) is 11.5. The highest BCUT2D eigenvalue weighted by atomic mass is 32.2. The highest BCUT2D eigenvalue weighted by molar-refractivity contribution is 7.91. The van der Waals surface area contributed by atoms with Crippen LogP contribution in [0.3, 0.4) is 0 Å². The Morgan fingerprint density at radius 1 is 0.727 bits per heavy atom. The minimum atomic E-state index is -3.60. The summed E-state index contributed by atoms with van der Waals surface area (Å²) in [5.74, 6) is 0.885. The normalized spacial score (nSPS) is 11.1. The van der Waals surface area contributed by atoms with E-state index >= 15 is 0 Å². The minimum Gasteiger partial charge on any atom is -0.507 e. The van der Waals surface area contributed by atoms with Crippen molar-refractivity contribution in [2.24, 2.45) is 0 Å². The number of methoxy groups -OCH3 is 1. The van der Waals surface area contributed by atoms with Gasteiger partial charge in [0.05, 0.1) is 22.5 Å². The van der Waals surface area contributed by atoms with E-state index in [9.17, 15) is 18.3 Å². The van der Waals surface area contributed by atoms with Crippen LogP contribution in [0, 0.1) is 0 Å². The van der Waals surface area contributed by atoms with E-state index in [1.807, 2.05) is 0 Å². The molecule has 33 heavy (non-hydrogen) atoms. The quantitative estimate of drug-likeness (QED) is 0.379. The molecule has 166 valence electrons. The number of ketones is 1. The smallest absolute Gasteiger partial charge is 0.206 e. The molecule has 0 radical (unpaired) electrons. The number of phenolic OH excluding ortho intramolecular Hbond substituents is 1. The molecule has 4 aromatic rings. The Bertz CT molecular complexity index is 1380. The van der Waals surface area contributed by atoms with E-state index in [1.165, 1.54) is 31.4 Å². The first kappa shape index (κ1) is 22.1. The SMILES string of the molecule is COc1ccc(C(=O)c2ccc(Oc3ccc(S(=O)(=O)c4ccccc4)cc3)cc2)c(O)c1. The van der Waals surface area contributed by atoms with Gasteiger partial charge in [0.25, 0.3) is 0 Å². The topological polar surface area (TPSA) is 89.9 Å². The van der Waals surface area contributed by atoms with Gasteiger partial charge < -0.3 is 14.6 Å². The molecular formula is C26H20O6S. The molecule has 0 spiro atoms. The highest BCUT2D eigenvalue weighted by Gasteiger charge is 2.17. The van der Waals surface area contributed by atoms with Gasteiger partial charge in [-0.15, -0.1) is 0 Å². The standard InChI is InChI=1S/C26H20O6S/c1-31-21-13-16-24(25(27)17-21)26(28)18-7-9-19(10-8-18)32-20-11-14-23(15-12-20)33(29,30)22-5-3-2-4-6-22/h2-17,27H,1H3. The summed E-state index contributed by atoms with van der Waals surface area (Å²) < 4.78 is 36.2. The molecule has 6 nitrogen and oxygen atoms in total. The molecule has 4 aromatic carbocycles. The van der Waals surface area contributed by atoms with E-state index in [-0.39, 0.29) is 26.9 Å². The molecule has 0 saturated heterocycles. The van der Waals surface area contributed by atoms with E-state index in [1.54, 1.807) is 72.8 Å². The van der Waals surface area contributed by atoms with Crippen LogP contribution in [0.5, 0.6) is 23.0 Å². The molecule has 0 bridgehead atoms. The number of carbonyl (C=O) groups excluding carboxylic acids is 1. The van der Waals surface area contributed by atoms with Gasteiger partial charge >= 0.3 is 0 Å². The zero-order valence-corrected chi connectivity index (χ0v) is 18.5. The second kappa shape index (κ2) is 9.18. The number of rotatable bonds is 7. The van der Waals surface area contributed by atoms with Crippen molar-refractivity contribution in [3.63, 3.8) is 0 Å². The first-order chi connectivity index (χ1) is 15.9.